The Hall–Kier alpha value is -1.88. The van der Waals surface area contributed by atoms with Crippen molar-refractivity contribution >= 4 is 50.5 Å². The second kappa shape index (κ2) is 9.54. The Labute approximate surface area is 208 Å². The summed E-state index contributed by atoms with van der Waals surface area (Å²) < 4.78 is 3.55. The second-order valence-corrected chi connectivity index (χ2v) is 10.8. The van der Waals surface area contributed by atoms with Crippen molar-refractivity contribution in [2.24, 2.45) is 13.0 Å². The summed E-state index contributed by atoms with van der Waals surface area (Å²) in [5.74, 6) is -0.728. The van der Waals surface area contributed by atoms with Crippen LogP contribution in [0.2, 0.25) is 0 Å². The summed E-state index contributed by atoms with van der Waals surface area (Å²) in [6.07, 6.45) is 3.14. The number of rotatable bonds is 5. The molecule has 0 bridgehead atoms. The molecule has 2 amide bonds. The molecular weight excluding hydrogens is 589 g/mol. The number of likely N-dealkylation sites (tertiary alicyclic amines) is 1. The molecule has 1 aromatic heterocycles. The summed E-state index contributed by atoms with van der Waals surface area (Å²) in [4.78, 5) is 41.0. The molecule has 0 radical (unpaired) electrons. The number of pyridine rings is 1. The van der Waals surface area contributed by atoms with Crippen LogP contribution >= 0.6 is 38.5 Å². The average molecular weight is 614 g/mol. The van der Waals surface area contributed by atoms with Crippen molar-refractivity contribution in [1.29, 1.82) is 0 Å². The number of hydrogen-bond acceptors (Lipinski definition) is 3. The van der Waals surface area contributed by atoms with Crippen molar-refractivity contribution in [1.82, 2.24) is 14.4 Å². The minimum absolute atomic E-state index is 0.0286. The fourth-order valence-corrected chi connectivity index (χ4v) is 6.16. The van der Waals surface area contributed by atoms with Crippen LogP contribution in [0.1, 0.15) is 36.3 Å². The van der Waals surface area contributed by atoms with Gasteiger partial charge in [-0.3, -0.25) is 9.59 Å². The third-order valence-corrected chi connectivity index (χ3v) is 7.38. The zero-order valence-electron chi connectivity index (χ0n) is 17.7. The van der Waals surface area contributed by atoms with Gasteiger partial charge >= 0.3 is 6.09 Å². The molecule has 7 nitrogen and oxygen atoms in total. The van der Waals surface area contributed by atoms with Gasteiger partial charge in [-0.25, -0.2) is 4.79 Å². The summed E-state index contributed by atoms with van der Waals surface area (Å²) in [6.45, 7) is 0.991. The van der Waals surface area contributed by atoms with Crippen LogP contribution in [0.3, 0.4) is 0 Å². The number of nitrogens with zero attached hydrogens (tertiary/aromatic N) is 3. The fourth-order valence-electron chi connectivity index (χ4n) is 4.45. The van der Waals surface area contributed by atoms with Crippen LogP contribution in [0.5, 0.6) is 0 Å². The van der Waals surface area contributed by atoms with E-state index < -0.39 is 12.0 Å². The van der Waals surface area contributed by atoms with Crippen molar-refractivity contribution in [3.63, 3.8) is 0 Å². The summed E-state index contributed by atoms with van der Waals surface area (Å²) in [5.41, 5.74) is 1.72. The molecule has 2 aliphatic rings. The number of carbonyl (C=O) groups is 2. The maximum Gasteiger partial charge on any atom is 0.407 e. The van der Waals surface area contributed by atoms with Crippen molar-refractivity contribution in [3.05, 3.63) is 66.1 Å². The Bertz CT molecular complexity index is 1080. The van der Waals surface area contributed by atoms with E-state index in [9.17, 15) is 19.5 Å². The fraction of sp³-hybridized carbons (Fsp3) is 0.435. The van der Waals surface area contributed by atoms with E-state index >= 15 is 0 Å². The monoisotopic (exact) mass is 613 g/mol. The standard InChI is InChI=1S/C23H25BrIN3O4/c1-26-6-4-15(10-21(26)29)19-5-7-27(23(31)32)13-20(19)22(30)28(18-2-3-18)12-14-8-16(24)11-17(25)9-14/h4,6,8-11,18-20H,2-3,5,7,12-13H2,1H3,(H,31,32). The van der Waals surface area contributed by atoms with E-state index in [1.165, 1.54) is 9.47 Å². The summed E-state index contributed by atoms with van der Waals surface area (Å²) in [6, 6.07) is 9.75. The highest BCUT2D eigenvalue weighted by Crippen LogP contribution is 2.37. The maximum atomic E-state index is 13.9. The molecule has 2 aromatic rings. The minimum atomic E-state index is -1.01. The number of aryl methyl sites for hydroxylation is 1. The van der Waals surface area contributed by atoms with Crippen molar-refractivity contribution < 1.29 is 14.7 Å². The summed E-state index contributed by atoms with van der Waals surface area (Å²) in [5, 5.41) is 9.57. The van der Waals surface area contributed by atoms with Gasteiger partial charge in [-0.05, 0) is 83.2 Å². The zero-order valence-corrected chi connectivity index (χ0v) is 21.5. The van der Waals surface area contributed by atoms with E-state index in [4.69, 9.17) is 0 Å². The van der Waals surface area contributed by atoms with E-state index in [2.05, 4.69) is 44.6 Å². The molecule has 2 unspecified atom stereocenters. The van der Waals surface area contributed by atoms with Crippen LogP contribution in [0.15, 0.2) is 45.8 Å². The number of benzene rings is 1. The number of piperidine rings is 1. The minimum Gasteiger partial charge on any atom is -0.465 e. The first kappa shape index (κ1) is 23.3. The van der Waals surface area contributed by atoms with Gasteiger partial charge in [-0.2, -0.15) is 0 Å². The van der Waals surface area contributed by atoms with Gasteiger partial charge in [0.05, 0.1) is 5.92 Å². The van der Waals surface area contributed by atoms with Crippen molar-refractivity contribution in [2.45, 2.75) is 37.8 Å². The van der Waals surface area contributed by atoms with Gasteiger partial charge in [0.25, 0.3) is 5.56 Å². The highest BCUT2D eigenvalue weighted by Gasteiger charge is 2.42. The quantitative estimate of drug-likeness (QED) is 0.517. The molecule has 4 rings (SSSR count). The van der Waals surface area contributed by atoms with Gasteiger partial charge in [0.1, 0.15) is 0 Å². The van der Waals surface area contributed by atoms with E-state index in [0.29, 0.717) is 19.5 Å². The molecule has 32 heavy (non-hydrogen) atoms. The Kier molecular flexibility index (Phi) is 6.94. The number of hydrogen-bond donors (Lipinski definition) is 1. The molecule has 1 saturated carbocycles. The van der Waals surface area contributed by atoms with Crippen molar-refractivity contribution in [3.8, 4) is 0 Å². The first-order valence-corrected chi connectivity index (χ1v) is 12.5. The third kappa shape index (κ3) is 5.19. The number of halogens is 2. The molecule has 2 fully saturated rings. The topological polar surface area (TPSA) is 82.8 Å². The van der Waals surface area contributed by atoms with Gasteiger partial charge in [0, 0.05) is 53.0 Å². The smallest absolute Gasteiger partial charge is 0.407 e. The van der Waals surface area contributed by atoms with Crippen molar-refractivity contribution in [2.75, 3.05) is 13.1 Å². The van der Waals surface area contributed by atoms with Crippen LogP contribution < -0.4 is 5.56 Å². The zero-order chi connectivity index (χ0) is 23.0. The molecule has 1 aliphatic carbocycles. The van der Waals surface area contributed by atoms with E-state index in [-0.39, 0.29) is 30.0 Å². The molecule has 1 aromatic carbocycles. The van der Waals surface area contributed by atoms with E-state index in [1.807, 2.05) is 23.1 Å². The summed E-state index contributed by atoms with van der Waals surface area (Å²) in [7, 11) is 1.69. The van der Waals surface area contributed by atoms with Gasteiger partial charge in [-0.1, -0.05) is 15.9 Å². The lowest BCUT2D eigenvalue weighted by molar-refractivity contribution is -0.139. The number of carbonyl (C=O) groups excluding carboxylic acids is 1. The van der Waals surface area contributed by atoms with E-state index in [1.54, 1.807) is 19.3 Å². The first-order chi connectivity index (χ1) is 15.2. The molecule has 0 spiro atoms. The molecular formula is C23H25BrIN3O4. The number of aromatic nitrogens is 1. The van der Waals surface area contributed by atoms with Crippen LogP contribution in [-0.2, 0) is 18.4 Å². The van der Waals surface area contributed by atoms with Gasteiger partial charge in [0.15, 0.2) is 0 Å². The highest BCUT2D eigenvalue weighted by molar-refractivity contribution is 14.1. The Morgan fingerprint density at radius 2 is 1.97 bits per heavy atom. The Morgan fingerprint density at radius 1 is 1.22 bits per heavy atom. The van der Waals surface area contributed by atoms with Gasteiger partial charge < -0.3 is 19.5 Å². The predicted octanol–water partition coefficient (Wildman–Crippen LogP) is 4.03. The Morgan fingerprint density at radius 3 is 2.59 bits per heavy atom. The van der Waals surface area contributed by atoms with Crippen LogP contribution in [0.4, 0.5) is 4.79 Å². The normalized spacial score (nSPS) is 20.8. The largest absolute Gasteiger partial charge is 0.465 e. The summed E-state index contributed by atoms with van der Waals surface area (Å²) >= 11 is 5.79. The lowest BCUT2D eigenvalue weighted by Gasteiger charge is -2.39. The van der Waals surface area contributed by atoms with E-state index in [0.717, 1.165) is 32.0 Å². The van der Waals surface area contributed by atoms with Crippen LogP contribution in [-0.4, -0.2) is 50.6 Å². The Balaban J connectivity index is 1.65. The van der Waals surface area contributed by atoms with Gasteiger partial charge in [0.2, 0.25) is 5.91 Å². The molecule has 2 heterocycles. The molecule has 1 aliphatic heterocycles. The highest BCUT2D eigenvalue weighted by atomic mass is 127. The maximum absolute atomic E-state index is 13.9. The third-order valence-electron chi connectivity index (χ3n) is 6.30. The molecule has 2 atom stereocenters. The first-order valence-electron chi connectivity index (χ1n) is 10.6. The lowest BCUT2D eigenvalue weighted by Crippen LogP contribution is -2.50. The molecule has 170 valence electrons. The molecule has 1 saturated heterocycles. The second-order valence-electron chi connectivity index (χ2n) is 8.61. The lowest BCUT2D eigenvalue weighted by atomic mass is 9.80. The van der Waals surface area contributed by atoms with Gasteiger partial charge in [-0.15, -0.1) is 0 Å². The SMILES string of the molecule is Cn1ccc(C2CCN(C(=O)O)CC2C(=O)N(Cc2cc(Br)cc(I)c2)C2CC2)cc1=O. The molecule has 9 heteroatoms. The van der Waals surface area contributed by atoms with Crippen LogP contribution in [0.25, 0.3) is 0 Å². The average Bonchev–Trinajstić information content (AvgIpc) is 3.57. The molecule has 1 N–H and O–H groups in total. The number of amides is 2. The number of carboxylic acid groups (broad SMARTS) is 1. The van der Waals surface area contributed by atoms with Crippen LogP contribution in [0, 0.1) is 9.49 Å². The predicted molar refractivity (Wildman–Crippen MR) is 133 cm³/mol.